The molecule has 5 aliphatic carbocycles. The fourth-order valence-electron chi connectivity index (χ4n) is 10.8. The van der Waals surface area contributed by atoms with Gasteiger partial charge in [0.25, 0.3) is 0 Å². The third-order valence-electron chi connectivity index (χ3n) is 13.1. The van der Waals surface area contributed by atoms with Gasteiger partial charge in [-0.1, -0.05) is 54.5 Å². The lowest BCUT2D eigenvalue weighted by molar-refractivity contribution is -0.221. The molecule has 192 valence electrons. The number of ketones is 2. The van der Waals surface area contributed by atoms with Crippen LogP contribution in [0.25, 0.3) is 0 Å². The summed E-state index contributed by atoms with van der Waals surface area (Å²) >= 11 is 0. The number of carbonyl (C=O) groups excluding carboxylic acids is 2. The van der Waals surface area contributed by atoms with E-state index in [0.717, 1.165) is 38.5 Å². The molecule has 0 heterocycles. The summed E-state index contributed by atoms with van der Waals surface area (Å²) < 4.78 is 0. The molecule has 8 atom stereocenters. The Morgan fingerprint density at radius 3 is 2.23 bits per heavy atom. The number of nitrogens with zero attached hydrogens (tertiary/aromatic N) is 1. The Bertz CT molecular complexity index is 1050. The van der Waals surface area contributed by atoms with Crippen LogP contribution in [-0.2, 0) is 9.59 Å². The number of Topliss-reactive ketones (excluding diaryl/α,β-unsaturated/α-hetero) is 2. The number of hydrogen-bond donors (Lipinski definition) is 1. The van der Waals surface area contributed by atoms with E-state index in [-0.39, 0.29) is 50.6 Å². The number of allylic oxidation sites excluding steroid dienone is 2. The molecule has 4 saturated carbocycles. The molecule has 0 aliphatic heterocycles. The molecule has 5 aliphatic rings. The molecule has 0 amide bonds. The molecule has 4 heteroatoms. The van der Waals surface area contributed by atoms with Crippen molar-refractivity contribution in [3.63, 3.8) is 0 Å². The summed E-state index contributed by atoms with van der Waals surface area (Å²) in [5.74, 6) is 1.15. The van der Waals surface area contributed by atoms with Crippen molar-refractivity contribution >= 4 is 11.6 Å². The lowest BCUT2D eigenvalue weighted by Gasteiger charge is -2.72. The first-order valence-corrected chi connectivity index (χ1v) is 14.0. The summed E-state index contributed by atoms with van der Waals surface area (Å²) in [7, 11) is 0. The number of nitrogens with two attached hydrogens (primary N) is 1. The highest BCUT2D eigenvalue weighted by Crippen LogP contribution is 2.75. The fraction of sp³-hybridized carbons (Fsp3) is 0.839. The maximum absolute atomic E-state index is 14.4. The minimum absolute atomic E-state index is 0.00723. The van der Waals surface area contributed by atoms with E-state index < -0.39 is 5.41 Å². The number of hydrogen-bond acceptors (Lipinski definition) is 4. The SMILES string of the molecule is CC1(C)CC[C@]2(CN)CC[C@]3(C)[C@H](C(=O)C[C@@H]4[C@@]5(C)C=C(C#N)C(=O)C(C)(C)[C@@H]5CC[C@]43C)[C@@H]2C1. The van der Waals surface area contributed by atoms with Crippen LogP contribution in [0.5, 0.6) is 0 Å². The van der Waals surface area contributed by atoms with Crippen LogP contribution in [0, 0.1) is 67.5 Å². The molecule has 0 spiro atoms. The Morgan fingerprint density at radius 2 is 1.60 bits per heavy atom. The Balaban J connectivity index is 1.63. The molecule has 0 saturated heterocycles. The Hall–Kier alpha value is -1.47. The third kappa shape index (κ3) is 3.00. The van der Waals surface area contributed by atoms with Gasteiger partial charge in [0.05, 0.1) is 5.57 Å². The molecular formula is C31H46N2O2. The average Bonchev–Trinajstić information content (AvgIpc) is 2.77. The van der Waals surface area contributed by atoms with Crippen molar-refractivity contribution in [1.82, 2.24) is 0 Å². The summed E-state index contributed by atoms with van der Waals surface area (Å²) in [5, 5.41) is 9.86. The van der Waals surface area contributed by atoms with Crippen molar-refractivity contribution in [2.24, 2.45) is 61.9 Å². The molecule has 0 radical (unpaired) electrons. The van der Waals surface area contributed by atoms with Crippen molar-refractivity contribution in [2.75, 3.05) is 6.54 Å². The maximum atomic E-state index is 14.4. The van der Waals surface area contributed by atoms with Gasteiger partial charge in [-0.15, -0.1) is 0 Å². The van der Waals surface area contributed by atoms with Crippen molar-refractivity contribution < 1.29 is 9.59 Å². The maximum Gasteiger partial charge on any atom is 0.178 e. The number of fused-ring (bicyclic) bond motifs is 7. The zero-order chi connectivity index (χ0) is 25.8. The molecule has 4 fully saturated rings. The van der Waals surface area contributed by atoms with Crippen LogP contribution in [0.1, 0.15) is 99.8 Å². The number of nitriles is 1. The van der Waals surface area contributed by atoms with Gasteiger partial charge in [-0.05, 0) is 96.3 Å². The molecule has 35 heavy (non-hydrogen) atoms. The van der Waals surface area contributed by atoms with Gasteiger partial charge in [0.1, 0.15) is 11.9 Å². The molecule has 4 nitrogen and oxygen atoms in total. The van der Waals surface area contributed by atoms with Crippen LogP contribution in [0.4, 0.5) is 0 Å². The first-order valence-electron chi connectivity index (χ1n) is 14.0. The number of rotatable bonds is 1. The van der Waals surface area contributed by atoms with E-state index in [4.69, 9.17) is 5.73 Å². The van der Waals surface area contributed by atoms with Crippen molar-refractivity contribution in [3.8, 4) is 6.07 Å². The lowest BCUT2D eigenvalue weighted by atomic mass is 9.31. The van der Waals surface area contributed by atoms with Gasteiger partial charge >= 0.3 is 0 Å². The van der Waals surface area contributed by atoms with Crippen molar-refractivity contribution in [2.45, 2.75) is 99.8 Å². The highest BCUT2D eigenvalue weighted by molar-refractivity contribution is 6.04. The minimum Gasteiger partial charge on any atom is -0.330 e. The molecule has 5 rings (SSSR count). The van der Waals surface area contributed by atoms with Crippen LogP contribution in [0.3, 0.4) is 0 Å². The second kappa shape index (κ2) is 7.31. The number of carbonyl (C=O) groups is 2. The van der Waals surface area contributed by atoms with E-state index >= 15 is 0 Å². The minimum atomic E-state index is -0.578. The quantitative estimate of drug-likeness (QED) is 0.483. The first-order chi connectivity index (χ1) is 16.1. The first kappa shape index (κ1) is 25.2. The van der Waals surface area contributed by atoms with E-state index in [9.17, 15) is 14.9 Å². The molecule has 0 bridgehead atoms. The molecular weight excluding hydrogens is 432 g/mol. The van der Waals surface area contributed by atoms with Gasteiger partial charge in [0.15, 0.2) is 5.78 Å². The highest BCUT2D eigenvalue weighted by atomic mass is 16.1. The van der Waals surface area contributed by atoms with Crippen LogP contribution >= 0.6 is 0 Å². The van der Waals surface area contributed by atoms with Gasteiger partial charge < -0.3 is 5.73 Å². The van der Waals surface area contributed by atoms with Crippen molar-refractivity contribution in [1.29, 1.82) is 5.26 Å². The van der Waals surface area contributed by atoms with Crippen LogP contribution in [0.15, 0.2) is 11.6 Å². The Kier molecular flexibility index (Phi) is 5.26. The monoisotopic (exact) mass is 478 g/mol. The molecule has 0 aromatic rings. The van der Waals surface area contributed by atoms with Gasteiger partial charge in [-0.3, -0.25) is 9.59 Å². The zero-order valence-corrected chi connectivity index (χ0v) is 23.1. The topological polar surface area (TPSA) is 83.9 Å². The van der Waals surface area contributed by atoms with E-state index in [0.29, 0.717) is 30.2 Å². The standard InChI is InChI=1S/C31H46N2O2/c1-26(2)10-12-31(18-33)13-11-30(7)24(20(31)16-26)21(34)14-23-28(5)15-19(17-32)25(35)27(3,4)22(28)8-9-29(23,30)6/h15,20,22-24H,8-14,16,18,33H2,1-7H3/t20-,22-,23+,24-,28-,29+,30+,31+/m0/s1. The lowest BCUT2D eigenvalue weighted by Crippen LogP contribution is -2.69. The van der Waals surface area contributed by atoms with Crippen LogP contribution in [-0.4, -0.2) is 18.1 Å². The summed E-state index contributed by atoms with van der Waals surface area (Å²) in [6.45, 7) is 16.7. The van der Waals surface area contributed by atoms with Gasteiger partial charge in [-0.25, -0.2) is 0 Å². The average molecular weight is 479 g/mol. The van der Waals surface area contributed by atoms with Gasteiger partial charge in [-0.2, -0.15) is 5.26 Å². The van der Waals surface area contributed by atoms with Crippen LogP contribution in [0.2, 0.25) is 0 Å². The second-order valence-corrected chi connectivity index (χ2v) is 15.3. The molecule has 0 unspecified atom stereocenters. The highest BCUT2D eigenvalue weighted by Gasteiger charge is 2.71. The third-order valence-corrected chi connectivity index (χ3v) is 13.1. The van der Waals surface area contributed by atoms with E-state index in [1.165, 1.54) is 6.42 Å². The largest absolute Gasteiger partial charge is 0.330 e. The smallest absolute Gasteiger partial charge is 0.178 e. The molecule has 0 aromatic heterocycles. The van der Waals surface area contributed by atoms with E-state index in [2.05, 4.69) is 40.7 Å². The summed E-state index contributed by atoms with van der Waals surface area (Å²) in [6, 6.07) is 2.22. The van der Waals surface area contributed by atoms with Crippen LogP contribution < -0.4 is 5.73 Å². The summed E-state index contributed by atoms with van der Waals surface area (Å²) in [4.78, 5) is 27.5. The zero-order valence-electron chi connectivity index (χ0n) is 23.1. The Labute approximate surface area is 212 Å². The summed E-state index contributed by atoms with van der Waals surface area (Å²) in [5.41, 5.74) is 6.18. The second-order valence-electron chi connectivity index (χ2n) is 15.3. The van der Waals surface area contributed by atoms with E-state index in [1.807, 2.05) is 19.9 Å². The molecule has 2 N–H and O–H groups in total. The summed E-state index contributed by atoms with van der Waals surface area (Å²) in [6.07, 6.45) is 10.2. The predicted molar refractivity (Wildman–Crippen MR) is 138 cm³/mol. The fourth-order valence-corrected chi connectivity index (χ4v) is 10.8. The van der Waals surface area contributed by atoms with Gasteiger partial charge in [0.2, 0.25) is 0 Å². The predicted octanol–water partition coefficient (Wildman–Crippen LogP) is 6.24. The molecule has 0 aromatic carbocycles. The normalized spacial score (nSPS) is 50.1. The Morgan fingerprint density at radius 1 is 0.943 bits per heavy atom. The van der Waals surface area contributed by atoms with E-state index in [1.54, 1.807) is 0 Å². The van der Waals surface area contributed by atoms with Crippen molar-refractivity contribution in [3.05, 3.63) is 11.6 Å². The van der Waals surface area contributed by atoms with Gasteiger partial charge in [0, 0.05) is 17.8 Å².